The number of carbonyl (C=O) groups is 2. The van der Waals surface area contributed by atoms with E-state index in [-0.39, 0.29) is 22.8 Å². The molecule has 1 atom stereocenters. The van der Waals surface area contributed by atoms with Gasteiger partial charge in [0.25, 0.3) is 0 Å². The van der Waals surface area contributed by atoms with Gasteiger partial charge in [0, 0.05) is 18.6 Å². The molecule has 0 radical (unpaired) electrons. The van der Waals surface area contributed by atoms with Crippen LogP contribution >= 0.6 is 11.8 Å². The van der Waals surface area contributed by atoms with Crippen molar-refractivity contribution in [3.8, 4) is 0 Å². The van der Waals surface area contributed by atoms with Crippen LogP contribution in [0.25, 0.3) is 0 Å². The standard InChI is InChI=1S/C25H26N2O4S/c1-31-22(29)15-9-8-14-21(28)23-20-17-32-24(19-12-6-3-7-13-19)27(20)25(30)26(23)16-18-10-4-2-5-11-18/h2-7,10-13,24H,8-9,14-17H2,1H3/t24-/m0/s1. The van der Waals surface area contributed by atoms with Crippen molar-refractivity contribution in [3.05, 3.63) is 93.7 Å². The fraction of sp³-hybridized carbons (Fsp3) is 0.320. The topological polar surface area (TPSA) is 70.3 Å². The minimum Gasteiger partial charge on any atom is -0.469 e. The number of rotatable bonds is 9. The van der Waals surface area contributed by atoms with Crippen LogP contribution in [-0.4, -0.2) is 28.0 Å². The molecule has 0 spiro atoms. The Morgan fingerprint density at radius 2 is 1.66 bits per heavy atom. The lowest BCUT2D eigenvalue weighted by atomic mass is 10.1. The second kappa shape index (κ2) is 10.0. The van der Waals surface area contributed by atoms with Crippen LogP contribution in [0, 0.1) is 0 Å². The second-order valence-electron chi connectivity index (χ2n) is 7.80. The summed E-state index contributed by atoms with van der Waals surface area (Å²) in [6.45, 7) is 0.356. The second-order valence-corrected chi connectivity index (χ2v) is 8.87. The van der Waals surface area contributed by atoms with E-state index in [1.807, 2.05) is 60.7 Å². The first-order valence-corrected chi connectivity index (χ1v) is 11.8. The quantitative estimate of drug-likeness (QED) is 0.274. The molecular weight excluding hydrogens is 424 g/mol. The Kier molecular flexibility index (Phi) is 6.95. The Morgan fingerprint density at radius 1 is 1.00 bits per heavy atom. The number of esters is 1. The lowest BCUT2D eigenvalue weighted by Gasteiger charge is -2.12. The van der Waals surface area contributed by atoms with Gasteiger partial charge in [0.2, 0.25) is 0 Å². The number of nitrogens with zero attached hydrogens (tertiary/aromatic N) is 2. The maximum absolute atomic E-state index is 13.5. The summed E-state index contributed by atoms with van der Waals surface area (Å²) in [7, 11) is 1.36. The summed E-state index contributed by atoms with van der Waals surface area (Å²) in [5.41, 5.74) is 3.17. The molecule has 7 heteroatoms. The number of ketones is 1. The van der Waals surface area contributed by atoms with Crippen molar-refractivity contribution in [1.82, 2.24) is 9.13 Å². The lowest BCUT2D eigenvalue weighted by molar-refractivity contribution is -0.140. The third-order valence-corrected chi connectivity index (χ3v) is 6.92. The van der Waals surface area contributed by atoms with Crippen LogP contribution in [0.4, 0.5) is 0 Å². The molecule has 0 bridgehead atoms. The molecule has 2 aromatic carbocycles. The zero-order valence-electron chi connectivity index (χ0n) is 18.0. The van der Waals surface area contributed by atoms with Crippen molar-refractivity contribution >= 4 is 23.5 Å². The van der Waals surface area contributed by atoms with Gasteiger partial charge in [-0.3, -0.25) is 18.7 Å². The molecule has 0 saturated carbocycles. The molecule has 0 fully saturated rings. The largest absolute Gasteiger partial charge is 0.469 e. The van der Waals surface area contributed by atoms with Crippen LogP contribution in [0.15, 0.2) is 65.5 Å². The maximum Gasteiger partial charge on any atom is 0.330 e. The van der Waals surface area contributed by atoms with Gasteiger partial charge in [-0.2, -0.15) is 0 Å². The van der Waals surface area contributed by atoms with Crippen LogP contribution in [0.5, 0.6) is 0 Å². The van der Waals surface area contributed by atoms with Gasteiger partial charge in [-0.1, -0.05) is 60.7 Å². The van der Waals surface area contributed by atoms with Crippen molar-refractivity contribution in [3.63, 3.8) is 0 Å². The van der Waals surface area contributed by atoms with Gasteiger partial charge in [0.05, 0.1) is 19.3 Å². The van der Waals surface area contributed by atoms with Crippen molar-refractivity contribution in [1.29, 1.82) is 0 Å². The number of benzene rings is 2. The number of imidazole rings is 1. The molecule has 0 saturated heterocycles. The van der Waals surface area contributed by atoms with Crippen LogP contribution in [0.3, 0.4) is 0 Å². The number of fused-ring (bicyclic) bond motifs is 1. The van der Waals surface area contributed by atoms with Crippen LogP contribution in [-0.2, 0) is 21.8 Å². The SMILES string of the molecule is COC(=O)CCCCC(=O)c1c2n(c(=O)n1Cc1ccccc1)[C@H](c1ccccc1)SC2. The Hall–Kier alpha value is -3.06. The van der Waals surface area contributed by atoms with E-state index in [1.165, 1.54) is 7.11 Å². The monoisotopic (exact) mass is 450 g/mol. The van der Waals surface area contributed by atoms with Crippen LogP contribution < -0.4 is 5.69 Å². The van der Waals surface area contributed by atoms with Gasteiger partial charge in [-0.05, 0) is 24.0 Å². The molecule has 0 aliphatic carbocycles. The van der Waals surface area contributed by atoms with Crippen molar-refractivity contribution in [2.75, 3.05) is 7.11 Å². The molecule has 32 heavy (non-hydrogen) atoms. The molecule has 4 rings (SSSR count). The van der Waals surface area contributed by atoms with E-state index in [0.717, 1.165) is 16.8 Å². The van der Waals surface area contributed by atoms with Crippen LogP contribution in [0.2, 0.25) is 0 Å². The Labute approximate surface area is 191 Å². The minimum atomic E-state index is -0.273. The number of hydrogen-bond acceptors (Lipinski definition) is 5. The molecule has 6 nitrogen and oxygen atoms in total. The number of hydrogen-bond donors (Lipinski definition) is 0. The fourth-order valence-electron chi connectivity index (χ4n) is 4.09. The summed E-state index contributed by atoms with van der Waals surface area (Å²) < 4.78 is 8.08. The fourth-order valence-corrected chi connectivity index (χ4v) is 5.39. The van der Waals surface area contributed by atoms with Gasteiger partial charge in [-0.15, -0.1) is 11.8 Å². The summed E-state index contributed by atoms with van der Waals surface area (Å²) in [6.07, 6.45) is 1.75. The first-order chi connectivity index (χ1) is 15.6. The average molecular weight is 451 g/mol. The number of unbranched alkanes of at least 4 members (excludes halogenated alkanes) is 1. The molecule has 166 valence electrons. The third kappa shape index (κ3) is 4.58. The number of Topliss-reactive ketones (excluding diaryl/α,β-unsaturated/α-hetero) is 1. The molecule has 1 aliphatic heterocycles. The molecule has 0 N–H and O–H groups in total. The highest BCUT2D eigenvalue weighted by atomic mass is 32.2. The normalized spacial score (nSPS) is 14.8. The summed E-state index contributed by atoms with van der Waals surface area (Å²) in [5, 5.41) is -0.137. The Bertz CT molecular complexity index is 1150. The summed E-state index contributed by atoms with van der Waals surface area (Å²) in [5.74, 6) is 0.288. The first kappa shape index (κ1) is 22.1. The molecular formula is C25H26N2O4S. The van der Waals surface area contributed by atoms with Crippen LogP contribution in [0.1, 0.15) is 58.4 Å². The number of aromatic nitrogens is 2. The molecule has 0 unspecified atom stereocenters. The first-order valence-electron chi connectivity index (χ1n) is 10.7. The highest BCUT2D eigenvalue weighted by Gasteiger charge is 2.34. The summed E-state index contributed by atoms with van der Waals surface area (Å²) in [6, 6.07) is 19.6. The predicted octanol–water partition coefficient (Wildman–Crippen LogP) is 4.41. The molecule has 1 aliphatic rings. The van der Waals surface area contributed by atoms with Gasteiger partial charge >= 0.3 is 11.7 Å². The predicted molar refractivity (Wildman–Crippen MR) is 125 cm³/mol. The van der Waals surface area contributed by atoms with E-state index in [9.17, 15) is 14.4 Å². The number of ether oxygens (including phenoxy) is 1. The molecule has 2 heterocycles. The zero-order chi connectivity index (χ0) is 22.5. The molecule has 0 amide bonds. The maximum atomic E-state index is 13.5. The van der Waals surface area contributed by atoms with E-state index < -0.39 is 0 Å². The van der Waals surface area contributed by atoms with Crippen molar-refractivity contribution < 1.29 is 14.3 Å². The van der Waals surface area contributed by atoms with Crippen molar-refractivity contribution in [2.45, 2.75) is 43.4 Å². The van der Waals surface area contributed by atoms with Gasteiger partial charge in [-0.25, -0.2) is 4.79 Å². The Morgan fingerprint density at radius 3 is 2.34 bits per heavy atom. The number of methoxy groups -OCH3 is 1. The molecule has 1 aromatic heterocycles. The minimum absolute atomic E-state index is 0.0500. The van der Waals surface area contributed by atoms with Gasteiger partial charge < -0.3 is 4.74 Å². The highest BCUT2D eigenvalue weighted by molar-refractivity contribution is 7.99. The van der Waals surface area contributed by atoms with E-state index >= 15 is 0 Å². The molecule has 3 aromatic rings. The Balaban J connectivity index is 1.66. The van der Waals surface area contributed by atoms with Crippen molar-refractivity contribution in [2.24, 2.45) is 0 Å². The van der Waals surface area contributed by atoms with E-state index in [0.29, 0.717) is 43.7 Å². The number of thioether (sulfide) groups is 1. The average Bonchev–Trinajstić information content (AvgIpc) is 3.37. The van der Waals surface area contributed by atoms with E-state index in [4.69, 9.17) is 0 Å². The van der Waals surface area contributed by atoms with E-state index in [1.54, 1.807) is 20.9 Å². The summed E-state index contributed by atoms with van der Waals surface area (Å²) in [4.78, 5) is 38.2. The zero-order valence-corrected chi connectivity index (χ0v) is 18.8. The number of carbonyl (C=O) groups excluding carboxylic acids is 2. The van der Waals surface area contributed by atoms with E-state index in [2.05, 4.69) is 4.74 Å². The third-order valence-electron chi connectivity index (χ3n) is 5.68. The lowest BCUT2D eigenvalue weighted by Crippen LogP contribution is -2.27. The highest BCUT2D eigenvalue weighted by Crippen LogP contribution is 2.41. The summed E-state index contributed by atoms with van der Waals surface area (Å²) >= 11 is 1.66. The van der Waals surface area contributed by atoms with Gasteiger partial charge in [0.1, 0.15) is 11.1 Å². The smallest absolute Gasteiger partial charge is 0.330 e. The van der Waals surface area contributed by atoms with Gasteiger partial charge in [0.15, 0.2) is 5.78 Å².